The highest BCUT2D eigenvalue weighted by molar-refractivity contribution is 5.74. The van der Waals surface area contributed by atoms with Crippen molar-refractivity contribution >= 4 is 6.03 Å². The van der Waals surface area contributed by atoms with E-state index >= 15 is 0 Å². The number of amides is 2. The first-order chi connectivity index (χ1) is 9.55. The lowest BCUT2D eigenvalue weighted by Crippen LogP contribution is -2.50. The van der Waals surface area contributed by atoms with Crippen LogP contribution in [0.3, 0.4) is 0 Å². The van der Waals surface area contributed by atoms with E-state index in [-0.39, 0.29) is 23.6 Å². The number of aliphatic hydroxyl groups is 1. The van der Waals surface area contributed by atoms with E-state index < -0.39 is 0 Å². The molecule has 0 radical (unpaired) electrons. The standard InChI is InChI=1S/C15H28N2O3/c1-15(8-4-3-5-13(15)18)10-16-14(19)17-12(9-20-2)11-6-7-11/h11-13,18H,3-10H2,1-2H3,(H2,16,17,19). The smallest absolute Gasteiger partial charge is 0.315 e. The van der Waals surface area contributed by atoms with E-state index in [1.807, 2.05) is 0 Å². The average molecular weight is 284 g/mol. The van der Waals surface area contributed by atoms with Crippen molar-refractivity contribution in [3.63, 3.8) is 0 Å². The highest BCUT2D eigenvalue weighted by Crippen LogP contribution is 2.35. The predicted molar refractivity (Wildman–Crippen MR) is 77.5 cm³/mol. The lowest BCUT2D eigenvalue weighted by Gasteiger charge is -2.38. The third kappa shape index (κ3) is 4.09. The van der Waals surface area contributed by atoms with Gasteiger partial charge in [0.25, 0.3) is 0 Å². The van der Waals surface area contributed by atoms with Gasteiger partial charge in [0.2, 0.25) is 0 Å². The van der Waals surface area contributed by atoms with Crippen LogP contribution in [0.1, 0.15) is 45.4 Å². The molecule has 2 aliphatic carbocycles. The SMILES string of the molecule is COCC(NC(=O)NCC1(C)CCCCC1O)C1CC1. The summed E-state index contributed by atoms with van der Waals surface area (Å²) >= 11 is 0. The summed E-state index contributed by atoms with van der Waals surface area (Å²) < 4.78 is 5.16. The number of ether oxygens (including phenoxy) is 1. The molecule has 0 aromatic heterocycles. The summed E-state index contributed by atoms with van der Waals surface area (Å²) in [6.45, 7) is 3.16. The Morgan fingerprint density at radius 3 is 2.75 bits per heavy atom. The maximum absolute atomic E-state index is 12.0. The normalized spacial score (nSPS) is 31.6. The molecule has 0 aromatic carbocycles. The Kier molecular flexibility index (Phi) is 5.27. The average Bonchev–Trinajstić information content (AvgIpc) is 3.24. The summed E-state index contributed by atoms with van der Waals surface area (Å²) in [7, 11) is 1.66. The number of hydrogen-bond donors (Lipinski definition) is 3. The van der Waals surface area contributed by atoms with Crippen molar-refractivity contribution in [1.82, 2.24) is 10.6 Å². The lowest BCUT2D eigenvalue weighted by molar-refractivity contribution is 0.00298. The number of carbonyl (C=O) groups excluding carboxylic acids is 1. The third-order valence-corrected chi connectivity index (χ3v) is 4.79. The van der Waals surface area contributed by atoms with Crippen molar-refractivity contribution in [1.29, 1.82) is 0 Å². The van der Waals surface area contributed by atoms with E-state index in [4.69, 9.17) is 4.74 Å². The van der Waals surface area contributed by atoms with Crippen LogP contribution in [0.15, 0.2) is 0 Å². The van der Waals surface area contributed by atoms with Crippen molar-refractivity contribution in [2.45, 2.75) is 57.6 Å². The molecule has 0 aliphatic heterocycles. The third-order valence-electron chi connectivity index (χ3n) is 4.79. The molecule has 20 heavy (non-hydrogen) atoms. The first kappa shape index (κ1) is 15.6. The van der Waals surface area contributed by atoms with Crippen LogP contribution in [0, 0.1) is 11.3 Å². The Bertz CT molecular complexity index is 333. The zero-order chi connectivity index (χ0) is 14.6. The molecule has 3 N–H and O–H groups in total. The fraction of sp³-hybridized carbons (Fsp3) is 0.933. The summed E-state index contributed by atoms with van der Waals surface area (Å²) in [6, 6.07) is -0.0259. The molecule has 5 heteroatoms. The first-order valence-electron chi connectivity index (χ1n) is 7.76. The van der Waals surface area contributed by atoms with Crippen molar-refractivity contribution in [3.05, 3.63) is 0 Å². The second-order valence-electron chi connectivity index (χ2n) is 6.64. The number of aliphatic hydroxyl groups excluding tert-OH is 1. The summed E-state index contributed by atoms with van der Waals surface area (Å²) in [5.74, 6) is 0.566. The molecule has 2 saturated carbocycles. The van der Waals surface area contributed by atoms with Crippen LogP contribution in [0.5, 0.6) is 0 Å². The molecule has 0 heterocycles. The van der Waals surface area contributed by atoms with Crippen molar-refractivity contribution < 1.29 is 14.6 Å². The van der Waals surface area contributed by atoms with E-state index in [2.05, 4.69) is 17.6 Å². The second-order valence-corrected chi connectivity index (χ2v) is 6.64. The number of rotatable bonds is 6. The van der Waals surface area contributed by atoms with Crippen LogP contribution in [0.25, 0.3) is 0 Å². The minimum atomic E-state index is -0.310. The topological polar surface area (TPSA) is 70.6 Å². The van der Waals surface area contributed by atoms with Gasteiger partial charge in [-0.1, -0.05) is 19.8 Å². The number of urea groups is 1. The molecule has 0 aromatic rings. The minimum absolute atomic E-state index is 0.115. The molecule has 2 rings (SSSR count). The van der Waals surface area contributed by atoms with Gasteiger partial charge in [-0.25, -0.2) is 4.79 Å². The van der Waals surface area contributed by atoms with Crippen LogP contribution in [0.2, 0.25) is 0 Å². The number of carbonyl (C=O) groups is 1. The fourth-order valence-electron chi connectivity index (χ4n) is 3.06. The van der Waals surface area contributed by atoms with Gasteiger partial charge < -0.3 is 20.5 Å². The minimum Gasteiger partial charge on any atom is -0.392 e. The van der Waals surface area contributed by atoms with E-state index in [9.17, 15) is 9.90 Å². The van der Waals surface area contributed by atoms with Crippen LogP contribution in [-0.2, 0) is 4.74 Å². The van der Waals surface area contributed by atoms with Crippen LogP contribution in [0.4, 0.5) is 4.79 Å². The maximum Gasteiger partial charge on any atom is 0.315 e. The molecule has 0 bridgehead atoms. The van der Waals surface area contributed by atoms with Crippen molar-refractivity contribution in [3.8, 4) is 0 Å². The summed E-state index contributed by atoms with van der Waals surface area (Å²) in [4.78, 5) is 12.0. The molecule has 3 unspecified atom stereocenters. The van der Waals surface area contributed by atoms with Gasteiger partial charge in [0.05, 0.1) is 18.8 Å². The first-order valence-corrected chi connectivity index (χ1v) is 7.76. The molecule has 116 valence electrons. The van der Waals surface area contributed by atoms with E-state index in [1.165, 1.54) is 12.8 Å². The number of hydrogen-bond acceptors (Lipinski definition) is 3. The Morgan fingerprint density at radius 2 is 2.15 bits per heavy atom. The largest absolute Gasteiger partial charge is 0.392 e. The van der Waals surface area contributed by atoms with E-state index in [0.717, 1.165) is 25.7 Å². The Morgan fingerprint density at radius 1 is 1.40 bits per heavy atom. The summed E-state index contributed by atoms with van der Waals surface area (Å²) in [5.41, 5.74) is -0.189. The zero-order valence-electron chi connectivity index (χ0n) is 12.7. The zero-order valence-corrected chi connectivity index (χ0v) is 12.7. The Balaban J connectivity index is 1.76. The van der Waals surface area contributed by atoms with Crippen LogP contribution < -0.4 is 10.6 Å². The van der Waals surface area contributed by atoms with Gasteiger partial charge in [-0.2, -0.15) is 0 Å². The van der Waals surface area contributed by atoms with Crippen LogP contribution in [-0.4, -0.2) is 43.5 Å². The molecule has 2 aliphatic rings. The van der Waals surface area contributed by atoms with Crippen molar-refractivity contribution in [2.75, 3.05) is 20.3 Å². The second kappa shape index (κ2) is 6.76. The Hall–Kier alpha value is -0.810. The fourth-order valence-corrected chi connectivity index (χ4v) is 3.06. The van der Waals surface area contributed by atoms with Gasteiger partial charge in [0.1, 0.15) is 0 Å². The van der Waals surface area contributed by atoms with Gasteiger partial charge in [-0.05, 0) is 31.6 Å². The van der Waals surface area contributed by atoms with Gasteiger partial charge >= 0.3 is 6.03 Å². The summed E-state index contributed by atoms with van der Waals surface area (Å²) in [6.07, 6.45) is 6.06. The predicted octanol–water partition coefficient (Wildman–Crippen LogP) is 1.65. The molecule has 0 saturated heterocycles. The van der Waals surface area contributed by atoms with Gasteiger partial charge in [0.15, 0.2) is 0 Å². The molecule has 3 atom stereocenters. The monoisotopic (exact) mass is 284 g/mol. The molecular formula is C15H28N2O3. The molecular weight excluding hydrogens is 256 g/mol. The van der Waals surface area contributed by atoms with E-state index in [0.29, 0.717) is 19.1 Å². The lowest BCUT2D eigenvalue weighted by atomic mass is 9.73. The van der Waals surface area contributed by atoms with Crippen LogP contribution >= 0.6 is 0 Å². The van der Waals surface area contributed by atoms with Gasteiger partial charge in [-0.3, -0.25) is 0 Å². The number of nitrogens with one attached hydrogen (secondary N) is 2. The number of methoxy groups -OCH3 is 1. The van der Waals surface area contributed by atoms with E-state index in [1.54, 1.807) is 7.11 Å². The molecule has 2 fully saturated rings. The highest BCUT2D eigenvalue weighted by Gasteiger charge is 2.36. The van der Waals surface area contributed by atoms with Crippen molar-refractivity contribution in [2.24, 2.45) is 11.3 Å². The van der Waals surface area contributed by atoms with Gasteiger partial charge in [0, 0.05) is 19.1 Å². The highest BCUT2D eigenvalue weighted by atomic mass is 16.5. The molecule has 2 amide bonds. The Labute approximate surface area is 121 Å². The quantitative estimate of drug-likeness (QED) is 0.694. The molecule has 5 nitrogen and oxygen atoms in total. The van der Waals surface area contributed by atoms with Gasteiger partial charge in [-0.15, -0.1) is 0 Å². The maximum atomic E-state index is 12.0. The molecule has 0 spiro atoms. The summed E-state index contributed by atoms with van der Waals surface area (Å²) in [5, 5.41) is 16.0.